The van der Waals surface area contributed by atoms with Gasteiger partial charge in [-0.25, -0.2) is 0 Å². The van der Waals surface area contributed by atoms with Gasteiger partial charge in [-0.2, -0.15) is 10.2 Å². The van der Waals surface area contributed by atoms with Crippen LogP contribution in [-0.4, -0.2) is 15.2 Å². The van der Waals surface area contributed by atoms with Crippen molar-refractivity contribution in [1.82, 2.24) is 15.2 Å². The van der Waals surface area contributed by atoms with Gasteiger partial charge in [0.1, 0.15) is 0 Å². The minimum Gasteiger partial charge on any atom is -0.256 e. The summed E-state index contributed by atoms with van der Waals surface area (Å²) in [5, 5.41) is 8.76. The van der Waals surface area contributed by atoms with E-state index in [2.05, 4.69) is 27.3 Å². The van der Waals surface area contributed by atoms with Crippen molar-refractivity contribution in [2.24, 2.45) is 0 Å². The maximum Gasteiger partial charge on any atom is 0.0702 e. The highest BCUT2D eigenvalue weighted by Gasteiger charge is 1.99. The van der Waals surface area contributed by atoms with E-state index in [-0.39, 0.29) is 0 Å². The standard InChI is InChI=1S/C13H9N3/c1-2-4-13-10(3-1)7-12(8-14-13)11-5-6-15-16-9-11/h1-9H. The lowest BCUT2D eigenvalue weighted by Crippen LogP contribution is -1.84. The van der Waals surface area contributed by atoms with E-state index in [9.17, 15) is 0 Å². The summed E-state index contributed by atoms with van der Waals surface area (Å²) >= 11 is 0. The Morgan fingerprint density at radius 2 is 1.75 bits per heavy atom. The van der Waals surface area contributed by atoms with E-state index in [0.29, 0.717) is 0 Å². The van der Waals surface area contributed by atoms with Crippen LogP contribution in [0, 0.1) is 0 Å². The second-order valence-electron chi connectivity index (χ2n) is 3.55. The van der Waals surface area contributed by atoms with Gasteiger partial charge in [-0.05, 0) is 18.2 Å². The molecule has 0 spiro atoms. The molecule has 76 valence electrons. The molecule has 0 aliphatic carbocycles. The summed E-state index contributed by atoms with van der Waals surface area (Å²) in [6, 6.07) is 12.1. The first kappa shape index (κ1) is 8.97. The predicted octanol–water partition coefficient (Wildman–Crippen LogP) is 2.69. The summed E-state index contributed by atoms with van der Waals surface area (Å²) < 4.78 is 0. The Bertz CT molecular complexity index is 620. The third-order valence-electron chi connectivity index (χ3n) is 2.51. The van der Waals surface area contributed by atoms with Crippen molar-refractivity contribution < 1.29 is 0 Å². The Labute approximate surface area is 92.8 Å². The number of hydrogen-bond acceptors (Lipinski definition) is 3. The topological polar surface area (TPSA) is 38.7 Å². The highest BCUT2D eigenvalue weighted by atomic mass is 15.1. The maximum absolute atomic E-state index is 4.41. The minimum absolute atomic E-state index is 1.01. The lowest BCUT2D eigenvalue weighted by atomic mass is 10.1. The number of aromatic nitrogens is 3. The van der Waals surface area contributed by atoms with E-state index in [4.69, 9.17) is 0 Å². The Kier molecular flexibility index (Phi) is 2.07. The zero-order chi connectivity index (χ0) is 10.8. The number of hydrogen-bond donors (Lipinski definition) is 0. The fourth-order valence-electron chi connectivity index (χ4n) is 1.69. The molecule has 0 aliphatic heterocycles. The molecule has 0 fully saturated rings. The van der Waals surface area contributed by atoms with Gasteiger partial charge in [0, 0.05) is 22.7 Å². The van der Waals surface area contributed by atoms with Gasteiger partial charge in [0.15, 0.2) is 0 Å². The van der Waals surface area contributed by atoms with Gasteiger partial charge in [0.25, 0.3) is 0 Å². The summed E-state index contributed by atoms with van der Waals surface area (Å²) in [6.45, 7) is 0. The summed E-state index contributed by atoms with van der Waals surface area (Å²) in [4.78, 5) is 4.41. The number of benzene rings is 1. The predicted molar refractivity (Wildman–Crippen MR) is 62.8 cm³/mol. The molecule has 0 amide bonds. The molecule has 0 saturated heterocycles. The summed E-state index contributed by atoms with van der Waals surface area (Å²) in [7, 11) is 0. The quantitative estimate of drug-likeness (QED) is 0.615. The molecule has 3 heteroatoms. The van der Waals surface area contributed by atoms with Gasteiger partial charge in [0.05, 0.1) is 17.9 Å². The molecule has 16 heavy (non-hydrogen) atoms. The molecule has 0 atom stereocenters. The molecule has 2 aromatic heterocycles. The van der Waals surface area contributed by atoms with E-state index in [0.717, 1.165) is 22.0 Å². The molecule has 0 saturated carbocycles. The third-order valence-corrected chi connectivity index (χ3v) is 2.51. The van der Waals surface area contributed by atoms with E-state index in [1.807, 2.05) is 30.5 Å². The molecule has 0 radical (unpaired) electrons. The van der Waals surface area contributed by atoms with Crippen LogP contribution in [0.2, 0.25) is 0 Å². The highest BCUT2D eigenvalue weighted by molar-refractivity contribution is 5.83. The van der Waals surface area contributed by atoms with Crippen molar-refractivity contribution in [1.29, 1.82) is 0 Å². The van der Waals surface area contributed by atoms with E-state index in [1.54, 1.807) is 12.4 Å². The van der Waals surface area contributed by atoms with Crippen molar-refractivity contribution in [2.45, 2.75) is 0 Å². The Hall–Kier alpha value is -2.29. The average Bonchev–Trinajstić information content (AvgIpc) is 2.39. The molecule has 0 unspecified atom stereocenters. The molecule has 0 bridgehead atoms. The van der Waals surface area contributed by atoms with E-state index < -0.39 is 0 Å². The van der Waals surface area contributed by atoms with E-state index in [1.165, 1.54) is 0 Å². The van der Waals surface area contributed by atoms with Crippen LogP contribution in [0.15, 0.2) is 55.0 Å². The van der Waals surface area contributed by atoms with Gasteiger partial charge in [0.2, 0.25) is 0 Å². The largest absolute Gasteiger partial charge is 0.256 e. The molecule has 0 N–H and O–H groups in total. The first-order chi connectivity index (χ1) is 7.93. The highest BCUT2D eigenvalue weighted by Crippen LogP contribution is 2.21. The van der Waals surface area contributed by atoms with Crippen molar-refractivity contribution in [3.05, 3.63) is 55.0 Å². The van der Waals surface area contributed by atoms with Crippen LogP contribution in [0.5, 0.6) is 0 Å². The zero-order valence-electron chi connectivity index (χ0n) is 8.54. The number of pyridine rings is 1. The first-order valence-corrected chi connectivity index (χ1v) is 5.05. The van der Waals surface area contributed by atoms with Crippen molar-refractivity contribution >= 4 is 10.9 Å². The minimum atomic E-state index is 1.01. The molecule has 2 heterocycles. The fourth-order valence-corrected chi connectivity index (χ4v) is 1.69. The Morgan fingerprint density at radius 3 is 2.62 bits per heavy atom. The lowest BCUT2D eigenvalue weighted by Gasteiger charge is -2.01. The average molecular weight is 207 g/mol. The van der Waals surface area contributed by atoms with Crippen LogP contribution in [0.3, 0.4) is 0 Å². The second-order valence-corrected chi connectivity index (χ2v) is 3.55. The van der Waals surface area contributed by atoms with Gasteiger partial charge in [-0.3, -0.25) is 4.98 Å². The van der Waals surface area contributed by atoms with Gasteiger partial charge in [-0.1, -0.05) is 18.2 Å². The maximum atomic E-state index is 4.41. The van der Waals surface area contributed by atoms with Gasteiger partial charge < -0.3 is 0 Å². The van der Waals surface area contributed by atoms with Crippen LogP contribution < -0.4 is 0 Å². The summed E-state index contributed by atoms with van der Waals surface area (Å²) in [5.74, 6) is 0. The van der Waals surface area contributed by atoms with Gasteiger partial charge in [-0.15, -0.1) is 0 Å². The second kappa shape index (κ2) is 3.70. The normalized spacial score (nSPS) is 10.5. The van der Waals surface area contributed by atoms with Crippen LogP contribution in [0.4, 0.5) is 0 Å². The Morgan fingerprint density at radius 1 is 0.812 bits per heavy atom. The molecule has 3 rings (SSSR count). The van der Waals surface area contributed by atoms with Crippen molar-refractivity contribution in [2.75, 3.05) is 0 Å². The SMILES string of the molecule is c1ccc2ncc(-c3ccnnc3)cc2c1. The first-order valence-electron chi connectivity index (χ1n) is 5.05. The molecular formula is C13H9N3. The summed E-state index contributed by atoms with van der Waals surface area (Å²) in [6.07, 6.45) is 5.29. The van der Waals surface area contributed by atoms with Crippen LogP contribution in [0.25, 0.3) is 22.0 Å². The van der Waals surface area contributed by atoms with Gasteiger partial charge >= 0.3 is 0 Å². The summed E-state index contributed by atoms with van der Waals surface area (Å²) in [5.41, 5.74) is 3.11. The van der Waals surface area contributed by atoms with Crippen molar-refractivity contribution in [3.8, 4) is 11.1 Å². The smallest absolute Gasteiger partial charge is 0.0702 e. The third kappa shape index (κ3) is 1.52. The monoisotopic (exact) mass is 207 g/mol. The number of fused-ring (bicyclic) bond motifs is 1. The number of para-hydroxylation sites is 1. The Balaban J connectivity index is 2.19. The molecule has 3 aromatic rings. The number of rotatable bonds is 1. The fraction of sp³-hybridized carbons (Fsp3) is 0. The number of nitrogens with zero attached hydrogens (tertiary/aromatic N) is 3. The van der Waals surface area contributed by atoms with Crippen LogP contribution in [0.1, 0.15) is 0 Å². The van der Waals surface area contributed by atoms with Crippen molar-refractivity contribution in [3.63, 3.8) is 0 Å². The van der Waals surface area contributed by atoms with Crippen LogP contribution in [-0.2, 0) is 0 Å². The molecule has 1 aromatic carbocycles. The zero-order valence-corrected chi connectivity index (χ0v) is 8.54. The van der Waals surface area contributed by atoms with Crippen LogP contribution >= 0.6 is 0 Å². The molecular weight excluding hydrogens is 198 g/mol. The lowest BCUT2D eigenvalue weighted by molar-refractivity contribution is 1.03. The molecule has 0 aliphatic rings. The van der Waals surface area contributed by atoms with E-state index >= 15 is 0 Å². The molecule has 3 nitrogen and oxygen atoms in total.